The van der Waals surface area contributed by atoms with Gasteiger partial charge in [0, 0.05) is 32.6 Å². The third kappa shape index (κ3) is 42.1. The molecule has 0 radical (unpaired) electrons. The lowest BCUT2D eigenvalue weighted by Crippen LogP contribution is -2.38. The Kier molecular flexibility index (Phi) is 44.8. The van der Waals surface area contributed by atoms with Gasteiger partial charge in [-0.25, -0.2) is 5.48 Å². The Balaban J connectivity index is 4.51. The van der Waals surface area contributed by atoms with Gasteiger partial charge in [-0.1, -0.05) is 174 Å². The van der Waals surface area contributed by atoms with E-state index in [1.165, 1.54) is 135 Å². The van der Waals surface area contributed by atoms with Gasteiger partial charge in [-0.2, -0.15) is 0 Å². The number of ether oxygens (including phenoxy) is 1. The summed E-state index contributed by atoms with van der Waals surface area (Å²) in [6.07, 6.45) is 45.9. The molecule has 0 spiro atoms. The quantitative estimate of drug-likeness (QED) is 0.0107. The molecule has 0 aliphatic heterocycles. The molecule has 0 saturated heterocycles. The van der Waals surface area contributed by atoms with Crippen molar-refractivity contribution in [3.63, 3.8) is 0 Å². The van der Waals surface area contributed by atoms with Gasteiger partial charge in [-0.3, -0.25) is 19.4 Å². The second-order valence-corrected chi connectivity index (χ2v) is 16.8. The van der Waals surface area contributed by atoms with Crippen molar-refractivity contribution in [3.05, 3.63) is 24.3 Å². The van der Waals surface area contributed by atoms with E-state index in [0.29, 0.717) is 12.4 Å². The summed E-state index contributed by atoms with van der Waals surface area (Å²) in [6.45, 7) is 11.5. The highest BCUT2D eigenvalue weighted by atomic mass is 16.6. The first-order valence-corrected chi connectivity index (χ1v) is 25.0. The number of hydrogen-bond acceptors (Lipinski definition) is 6. The van der Waals surface area contributed by atoms with E-state index in [1.54, 1.807) is 20.2 Å². The highest BCUT2D eigenvalue weighted by molar-refractivity contribution is 5.87. The van der Waals surface area contributed by atoms with Crippen LogP contribution in [0.5, 0.6) is 0 Å². The fourth-order valence-electron chi connectivity index (χ4n) is 7.51. The molecule has 0 aliphatic carbocycles. The lowest BCUT2D eigenvalue weighted by Gasteiger charge is -2.22. The van der Waals surface area contributed by atoms with E-state index in [9.17, 15) is 9.59 Å². The molecular weight excluding hydrogens is 735 g/mol. The summed E-state index contributed by atoms with van der Waals surface area (Å²) in [6, 6.07) is 0. The number of nitrogens with zero attached hydrogens (tertiary/aromatic N) is 2. The SMILES string of the molecule is CCCCCCCCCCCNC(=O)/C=C/C=C/CCCN(CCCCCCCC(=O)OC(CCCCCCCC)CCCCCCCC)CCCNC(=NC)NOC. The van der Waals surface area contributed by atoms with E-state index in [4.69, 9.17) is 9.57 Å². The zero-order valence-electron chi connectivity index (χ0n) is 39.6. The Hall–Kier alpha value is -2.39. The van der Waals surface area contributed by atoms with Gasteiger partial charge >= 0.3 is 5.97 Å². The number of nitrogens with one attached hydrogen (secondary N) is 3. The smallest absolute Gasteiger partial charge is 0.306 e. The topological polar surface area (TPSA) is 104 Å². The van der Waals surface area contributed by atoms with Crippen LogP contribution in [0.2, 0.25) is 0 Å². The number of hydrogen-bond donors (Lipinski definition) is 3. The maximum atomic E-state index is 12.8. The van der Waals surface area contributed by atoms with Crippen molar-refractivity contribution >= 4 is 17.8 Å². The van der Waals surface area contributed by atoms with E-state index in [-0.39, 0.29) is 18.0 Å². The van der Waals surface area contributed by atoms with Crippen molar-refractivity contribution in [1.82, 2.24) is 21.0 Å². The van der Waals surface area contributed by atoms with E-state index in [0.717, 1.165) is 96.9 Å². The number of amides is 1. The zero-order valence-corrected chi connectivity index (χ0v) is 39.6. The van der Waals surface area contributed by atoms with Crippen LogP contribution in [0.1, 0.15) is 226 Å². The predicted molar refractivity (Wildman–Crippen MR) is 254 cm³/mol. The minimum absolute atomic E-state index is 0.00264. The minimum Gasteiger partial charge on any atom is -0.462 e. The molecule has 9 nitrogen and oxygen atoms in total. The van der Waals surface area contributed by atoms with Gasteiger partial charge in [0.05, 0.1) is 7.11 Å². The molecule has 0 rings (SSSR count). The molecule has 0 fully saturated rings. The number of carbonyl (C=O) groups is 2. The summed E-state index contributed by atoms with van der Waals surface area (Å²) in [5.41, 5.74) is 2.78. The Morgan fingerprint density at radius 2 is 1.07 bits per heavy atom. The normalized spacial score (nSPS) is 12.1. The van der Waals surface area contributed by atoms with Gasteiger partial charge < -0.3 is 20.3 Å². The zero-order chi connectivity index (χ0) is 43.1. The third-order valence-corrected chi connectivity index (χ3v) is 11.2. The Morgan fingerprint density at radius 1 is 0.576 bits per heavy atom. The third-order valence-electron chi connectivity index (χ3n) is 11.2. The first-order chi connectivity index (χ1) is 29.0. The Bertz CT molecular complexity index is 988. The van der Waals surface area contributed by atoms with Crippen LogP contribution < -0.4 is 16.1 Å². The number of esters is 1. The van der Waals surface area contributed by atoms with Crippen molar-refractivity contribution < 1.29 is 19.2 Å². The lowest BCUT2D eigenvalue weighted by atomic mass is 10.0. The minimum atomic E-state index is -0.00264. The number of hydroxylamine groups is 1. The molecule has 3 N–H and O–H groups in total. The molecule has 0 aromatic heterocycles. The summed E-state index contributed by atoms with van der Waals surface area (Å²) in [4.78, 5) is 36.8. The van der Waals surface area contributed by atoms with E-state index < -0.39 is 0 Å². The van der Waals surface area contributed by atoms with E-state index in [2.05, 4.69) is 52.9 Å². The summed E-state index contributed by atoms with van der Waals surface area (Å²) in [5, 5.41) is 6.33. The molecule has 9 heteroatoms. The molecule has 0 aromatic rings. The first kappa shape index (κ1) is 56.6. The monoisotopic (exact) mass is 832 g/mol. The van der Waals surface area contributed by atoms with Gasteiger partial charge in [0.1, 0.15) is 6.10 Å². The van der Waals surface area contributed by atoms with Crippen LogP contribution in [-0.4, -0.2) is 75.7 Å². The fraction of sp³-hybridized carbons (Fsp3) is 0.860. The molecule has 346 valence electrons. The van der Waals surface area contributed by atoms with Crippen LogP contribution in [-0.2, 0) is 19.2 Å². The lowest BCUT2D eigenvalue weighted by molar-refractivity contribution is -0.150. The molecular formula is C50H97N5O4. The van der Waals surface area contributed by atoms with Crippen molar-refractivity contribution in [1.29, 1.82) is 0 Å². The fourth-order valence-corrected chi connectivity index (χ4v) is 7.51. The molecule has 1 amide bonds. The average Bonchev–Trinajstić information content (AvgIpc) is 3.23. The summed E-state index contributed by atoms with van der Waals surface area (Å²) in [7, 11) is 3.33. The van der Waals surface area contributed by atoms with Gasteiger partial charge in [0.25, 0.3) is 0 Å². The second kappa shape index (κ2) is 46.7. The molecule has 0 saturated carbocycles. The number of aliphatic imine (C=N–C) groups is 1. The number of carbonyl (C=O) groups excluding carboxylic acids is 2. The molecule has 0 heterocycles. The van der Waals surface area contributed by atoms with Gasteiger partial charge in [-0.05, 0) is 83.8 Å². The average molecular weight is 832 g/mol. The Morgan fingerprint density at radius 3 is 1.64 bits per heavy atom. The largest absolute Gasteiger partial charge is 0.462 e. The van der Waals surface area contributed by atoms with Crippen LogP contribution in [0.25, 0.3) is 0 Å². The van der Waals surface area contributed by atoms with Gasteiger partial charge in [0.2, 0.25) is 11.9 Å². The van der Waals surface area contributed by atoms with E-state index >= 15 is 0 Å². The molecule has 0 aromatic carbocycles. The molecule has 0 aliphatic rings. The number of rotatable bonds is 44. The molecule has 0 bridgehead atoms. The van der Waals surface area contributed by atoms with Gasteiger partial charge in [-0.15, -0.1) is 0 Å². The highest BCUT2D eigenvalue weighted by Crippen LogP contribution is 2.18. The number of allylic oxidation sites excluding steroid dienone is 3. The molecule has 0 unspecified atom stereocenters. The molecule has 59 heavy (non-hydrogen) atoms. The van der Waals surface area contributed by atoms with Crippen molar-refractivity contribution in [3.8, 4) is 0 Å². The first-order valence-electron chi connectivity index (χ1n) is 25.0. The highest BCUT2D eigenvalue weighted by Gasteiger charge is 2.14. The summed E-state index contributed by atoms with van der Waals surface area (Å²) in [5.74, 6) is 0.655. The summed E-state index contributed by atoms with van der Waals surface area (Å²) < 4.78 is 6.07. The van der Waals surface area contributed by atoms with Crippen LogP contribution in [0.3, 0.4) is 0 Å². The second-order valence-electron chi connectivity index (χ2n) is 16.8. The molecule has 0 atom stereocenters. The Labute approximate surface area is 365 Å². The van der Waals surface area contributed by atoms with Crippen LogP contribution in [0.15, 0.2) is 29.3 Å². The number of guanidine groups is 1. The van der Waals surface area contributed by atoms with Crippen molar-refractivity contribution in [2.24, 2.45) is 4.99 Å². The van der Waals surface area contributed by atoms with Crippen molar-refractivity contribution in [2.45, 2.75) is 232 Å². The van der Waals surface area contributed by atoms with Crippen LogP contribution in [0, 0.1) is 0 Å². The van der Waals surface area contributed by atoms with Crippen molar-refractivity contribution in [2.75, 3.05) is 46.9 Å². The van der Waals surface area contributed by atoms with E-state index in [1.807, 2.05) is 12.2 Å². The predicted octanol–water partition coefficient (Wildman–Crippen LogP) is 12.7. The summed E-state index contributed by atoms with van der Waals surface area (Å²) >= 11 is 0. The standard InChI is InChI=1S/C50H97N5O4/c1-6-9-12-15-18-19-20-27-34-42-52-48(56)40-32-25-21-28-35-44-55(46-37-43-53-50(51-4)54-58-5)45-36-29-22-26-33-41-49(57)59-47(38-30-23-16-13-10-7-2)39-31-24-17-14-11-8-3/h21,25,32,40,47H,6-20,22-24,26-31,33-39,41-46H2,1-5H3,(H,52,56)(H2,51,53,54)/b25-21+,40-32+. The maximum absolute atomic E-state index is 12.8. The van der Waals surface area contributed by atoms with Crippen LogP contribution >= 0.6 is 0 Å². The van der Waals surface area contributed by atoms with Gasteiger partial charge in [0.15, 0.2) is 0 Å². The van der Waals surface area contributed by atoms with Crippen LogP contribution in [0.4, 0.5) is 0 Å². The number of unbranched alkanes of at least 4 members (excludes halogenated alkanes) is 23. The maximum Gasteiger partial charge on any atom is 0.306 e.